The lowest BCUT2D eigenvalue weighted by atomic mass is 10.1. The minimum absolute atomic E-state index is 0.676. The first-order chi connectivity index (χ1) is 9.63. The molecule has 2 nitrogen and oxygen atoms in total. The summed E-state index contributed by atoms with van der Waals surface area (Å²) in [5.74, 6) is 4.08. The highest BCUT2D eigenvalue weighted by atomic mass is 32.2. The molecule has 0 saturated carbocycles. The van der Waals surface area contributed by atoms with Crippen molar-refractivity contribution in [1.82, 2.24) is 5.32 Å². The van der Waals surface area contributed by atoms with Gasteiger partial charge in [-0.15, -0.1) is 0 Å². The van der Waals surface area contributed by atoms with Crippen LogP contribution in [0.3, 0.4) is 0 Å². The SMILES string of the molecule is CCSCCCOc1ccc(C)cc1CNCC(C)C. The zero-order valence-corrected chi connectivity index (χ0v) is 14.2. The summed E-state index contributed by atoms with van der Waals surface area (Å²) < 4.78 is 5.94. The minimum atomic E-state index is 0.676. The fourth-order valence-corrected chi connectivity index (χ4v) is 2.58. The van der Waals surface area contributed by atoms with Gasteiger partial charge in [-0.3, -0.25) is 0 Å². The van der Waals surface area contributed by atoms with Gasteiger partial charge in [0.1, 0.15) is 5.75 Å². The summed E-state index contributed by atoms with van der Waals surface area (Å²) in [7, 11) is 0. The molecule has 0 heterocycles. The van der Waals surface area contributed by atoms with Crippen LogP contribution in [-0.2, 0) is 6.54 Å². The normalized spacial score (nSPS) is 11.1. The van der Waals surface area contributed by atoms with Gasteiger partial charge in [0.15, 0.2) is 0 Å². The number of hydrogen-bond acceptors (Lipinski definition) is 3. The number of benzene rings is 1. The monoisotopic (exact) mass is 295 g/mol. The Bertz CT molecular complexity index is 379. The Morgan fingerprint density at radius 2 is 2.10 bits per heavy atom. The van der Waals surface area contributed by atoms with Crippen molar-refractivity contribution in [1.29, 1.82) is 0 Å². The van der Waals surface area contributed by atoms with E-state index in [0.29, 0.717) is 5.92 Å². The molecule has 0 spiro atoms. The van der Waals surface area contributed by atoms with E-state index in [1.807, 2.05) is 11.8 Å². The van der Waals surface area contributed by atoms with Crippen molar-refractivity contribution in [3.05, 3.63) is 29.3 Å². The van der Waals surface area contributed by atoms with Crippen molar-refractivity contribution in [3.63, 3.8) is 0 Å². The molecule has 1 aromatic carbocycles. The first-order valence-corrected chi connectivity index (χ1v) is 8.79. The lowest BCUT2D eigenvalue weighted by Gasteiger charge is -2.14. The summed E-state index contributed by atoms with van der Waals surface area (Å²) in [6.07, 6.45) is 1.12. The minimum Gasteiger partial charge on any atom is -0.493 e. The maximum Gasteiger partial charge on any atom is 0.123 e. The third-order valence-electron chi connectivity index (χ3n) is 2.98. The number of hydrogen-bond donors (Lipinski definition) is 1. The predicted octanol–water partition coefficient (Wildman–Crippen LogP) is 4.26. The van der Waals surface area contributed by atoms with E-state index < -0.39 is 0 Å². The molecule has 0 unspecified atom stereocenters. The topological polar surface area (TPSA) is 21.3 Å². The van der Waals surface area contributed by atoms with E-state index in [-0.39, 0.29) is 0 Å². The number of rotatable bonds is 10. The van der Waals surface area contributed by atoms with E-state index in [4.69, 9.17) is 4.74 Å². The molecule has 0 aliphatic rings. The second-order valence-corrected chi connectivity index (χ2v) is 6.93. The highest BCUT2D eigenvalue weighted by Gasteiger charge is 2.04. The fraction of sp³-hybridized carbons (Fsp3) is 0.647. The van der Waals surface area contributed by atoms with Crippen LogP contribution in [0.2, 0.25) is 0 Å². The molecule has 114 valence electrons. The highest BCUT2D eigenvalue weighted by molar-refractivity contribution is 7.99. The largest absolute Gasteiger partial charge is 0.493 e. The van der Waals surface area contributed by atoms with Gasteiger partial charge in [-0.05, 0) is 43.4 Å². The van der Waals surface area contributed by atoms with Crippen LogP contribution < -0.4 is 10.1 Å². The maximum absolute atomic E-state index is 5.94. The molecule has 0 amide bonds. The van der Waals surface area contributed by atoms with E-state index in [0.717, 1.165) is 31.9 Å². The van der Waals surface area contributed by atoms with Gasteiger partial charge in [0.2, 0.25) is 0 Å². The molecular formula is C17H29NOS. The average Bonchev–Trinajstić information content (AvgIpc) is 2.40. The molecule has 0 aliphatic heterocycles. The maximum atomic E-state index is 5.94. The van der Waals surface area contributed by atoms with Crippen LogP contribution in [0.15, 0.2) is 18.2 Å². The first-order valence-electron chi connectivity index (χ1n) is 7.64. The van der Waals surface area contributed by atoms with Crippen LogP contribution in [0.5, 0.6) is 5.75 Å². The molecule has 0 saturated heterocycles. The van der Waals surface area contributed by atoms with Crippen LogP contribution in [0.1, 0.15) is 38.3 Å². The molecule has 1 rings (SSSR count). The lowest BCUT2D eigenvalue weighted by Crippen LogP contribution is -2.19. The molecule has 1 N–H and O–H groups in total. The third kappa shape index (κ3) is 7.20. The Morgan fingerprint density at radius 3 is 2.80 bits per heavy atom. The van der Waals surface area contributed by atoms with Gasteiger partial charge in [0.25, 0.3) is 0 Å². The van der Waals surface area contributed by atoms with Crippen molar-refractivity contribution >= 4 is 11.8 Å². The molecule has 0 aromatic heterocycles. The smallest absolute Gasteiger partial charge is 0.123 e. The third-order valence-corrected chi connectivity index (χ3v) is 3.96. The van der Waals surface area contributed by atoms with Crippen molar-refractivity contribution in [2.45, 2.75) is 40.7 Å². The molecule has 0 aliphatic carbocycles. The van der Waals surface area contributed by atoms with Gasteiger partial charge in [-0.1, -0.05) is 38.5 Å². The van der Waals surface area contributed by atoms with Gasteiger partial charge >= 0.3 is 0 Å². The molecule has 20 heavy (non-hydrogen) atoms. The van der Waals surface area contributed by atoms with Gasteiger partial charge in [0.05, 0.1) is 6.61 Å². The van der Waals surface area contributed by atoms with E-state index in [9.17, 15) is 0 Å². The Hall–Kier alpha value is -0.670. The summed E-state index contributed by atoms with van der Waals surface area (Å²) in [4.78, 5) is 0. The lowest BCUT2D eigenvalue weighted by molar-refractivity contribution is 0.314. The summed E-state index contributed by atoms with van der Waals surface area (Å²) in [5, 5.41) is 3.50. The van der Waals surface area contributed by atoms with Crippen molar-refractivity contribution in [2.24, 2.45) is 5.92 Å². The van der Waals surface area contributed by atoms with Crippen LogP contribution in [0.25, 0.3) is 0 Å². The Labute approximate surface area is 128 Å². The van der Waals surface area contributed by atoms with Crippen LogP contribution in [-0.4, -0.2) is 24.7 Å². The summed E-state index contributed by atoms with van der Waals surface area (Å²) in [6, 6.07) is 6.46. The van der Waals surface area contributed by atoms with Crippen LogP contribution in [0.4, 0.5) is 0 Å². The molecule has 0 radical (unpaired) electrons. The Kier molecular flexibility index (Phi) is 8.79. The van der Waals surface area contributed by atoms with E-state index in [2.05, 4.69) is 51.2 Å². The van der Waals surface area contributed by atoms with E-state index >= 15 is 0 Å². The average molecular weight is 295 g/mol. The van der Waals surface area contributed by atoms with Crippen LogP contribution in [0, 0.1) is 12.8 Å². The molecule has 0 fully saturated rings. The standard InChI is InChI=1S/C17H29NOS/c1-5-20-10-6-9-19-17-8-7-15(4)11-16(17)13-18-12-14(2)3/h7-8,11,14,18H,5-6,9-10,12-13H2,1-4H3. The van der Waals surface area contributed by atoms with Gasteiger partial charge in [-0.2, -0.15) is 11.8 Å². The quantitative estimate of drug-likeness (QED) is 0.652. The first kappa shape index (κ1) is 17.4. The number of ether oxygens (including phenoxy) is 1. The summed E-state index contributed by atoms with van der Waals surface area (Å²) in [5.41, 5.74) is 2.56. The Balaban J connectivity index is 2.47. The van der Waals surface area contributed by atoms with E-state index in [1.54, 1.807) is 0 Å². The van der Waals surface area contributed by atoms with Crippen molar-refractivity contribution < 1.29 is 4.74 Å². The molecule has 0 bridgehead atoms. The predicted molar refractivity (Wildman–Crippen MR) is 90.8 cm³/mol. The zero-order valence-electron chi connectivity index (χ0n) is 13.4. The van der Waals surface area contributed by atoms with E-state index in [1.165, 1.54) is 22.6 Å². The number of aryl methyl sites for hydroxylation is 1. The van der Waals surface area contributed by atoms with Gasteiger partial charge < -0.3 is 10.1 Å². The molecule has 3 heteroatoms. The van der Waals surface area contributed by atoms with Crippen LogP contribution >= 0.6 is 11.8 Å². The summed E-state index contributed by atoms with van der Waals surface area (Å²) >= 11 is 1.97. The fourth-order valence-electron chi connectivity index (χ4n) is 1.97. The van der Waals surface area contributed by atoms with Gasteiger partial charge in [-0.25, -0.2) is 0 Å². The zero-order chi connectivity index (χ0) is 14.8. The van der Waals surface area contributed by atoms with Crippen molar-refractivity contribution in [3.8, 4) is 5.75 Å². The van der Waals surface area contributed by atoms with Crippen molar-refractivity contribution in [2.75, 3.05) is 24.7 Å². The molecule has 0 atom stereocenters. The number of thioether (sulfide) groups is 1. The Morgan fingerprint density at radius 1 is 1.30 bits per heavy atom. The molecule has 1 aromatic rings. The second kappa shape index (κ2) is 10.1. The number of nitrogens with one attached hydrogen (secondary N) is 1. The highest BCUT2D eigenvalue weighted by Crippen LogP contribution is 2.20. The van der Waals surface area contributed by atoms with Gasteiger partial charge in [0, 0.05) is 12.1 Å². The second-order valence-electron chi connectivity index (χ2n) is 5.53. The molecular weight excluding hydrogens is 266 g/mol. The summed E-state index contributed by atoms with van der Waals surface area (Å²) in [6.45, 7) is 11.5.